The van der Waals surface area contributed by atoms with Crippen LogP contribution in [0.4, 0.5) is 16.2 Å². The number of aryl methyl sites for hydroxylation is 1. The average Bonchev–Trinajstić information content (AvgIpc) is 2.44. The minimum atomic E-state index is -0.284. The quantitative estimate of drug-likeness (QED) is 0.786. The van der Waals surface area contributed by atoms with E-state index in [1.54, 1.807) is 0 Å². The van der Waals surface area contributed by atoms with Gasteiger partial charge in [-0.15, -0.1) is 0 Å². The number of rotatable bonds is 4. The van der Waals surface area contributed by atoms with Gasteiger partial charge >= 0.3 is 6.03 Å². The fraction of sp³-hybridized carbons (Fsp3) is 0.235. The van der Waals surface area contributed by atoms with E-state index < -0.39 is 0 Å². The van der Waals surface area contributed by atoms with Gasteiger partial charge in [-0.2, -0.15) is 0 Å². The van der Waals surface area contributed by atoms with Gasteiger partial charge in [0.25, 0.3) is 0 Å². The molecule has 22 heavy (non-hydrogen) atoms. The molecular weight excluding hydrogens is 344 g/mol. The van der Waals surface area contributed by atoms with E-state index in [-0.39, 0.29) is 12.1 Å². The zero-order chi connectivity index (χ0) is 16.1. The second kappa shape index (κ2) is 7.31. The van der Waals surface area contributed by atoms with E-state index in [0.29, 0.717) is 5.69 Å². The van der Waals surface area contributed by atoms with Crippen molar-refractivity contribution in [1.82, 2.24) is 0 Å². The molecule has 2 aromatic carbocycles. The Labute approximate surface area is 139 Å². The van der Waals surface area contributed by atoms with Gasteiger partial charge in [-0.25, -0.2) is 4.79 Å². The zero-order valence-corrected chi connectivity index (χ0v) is 14.4. The molecular formula is C17H19BrN2O2. The normalized spacial score (nSPS) is 10.4. The first-order valence-electron chi connectivity index (χ1n) is 7.05. The molecule has 0 atom stereocenters. The molecule has 0 aliphatic carbocycles. The molecule has 0 aromatic heterocycles. The number of urea groups is 1. The number of halogens is 1. The summed E-state index contributed by atoms with van der Waals surface area (Å²) in [6.07, 6.45) is 0.127. The van der Waals surface area contributed by atoms with Crippen LogP contribution in [0.25, 0.3) is 0 Å². The van der Waals surface area contributed by atoms with Crippen LogP contribution in [0.1, 0.15) is 19.4 Å². The molecule has 5 heteroatoms. The second-order valence-corrected chi connectivity index (χ2v) is 6.09. The van der Waals surface area contributed by atoms with E-state index in [2.05, 4.69) is 26.6 Å². The third-order valence-electron chi connectivity index (χ3n) is 2.91. The van der Waals surface area contributed by atoms with Crippen LogP contribution in [0.15, 0.2) is 46.9 Å². The maximum Gasteiger partial charge on any atom is 0.323 e. The van der Waals surface area contributed by atoms with E-state index in [4.69, 9.17) is 4.74 Å². The van der Waals surface area contributed by atoms with Crippen LogP contribution in [0.3, 0.4) is 0 Å². The van der Waals surface area contributed by atoms with Crippen LogP contribution in [-0.4, -0.2) is 12.1 Å². The molecule has 0 bridgehead atoms. The monoisotopic (exact) mass is 362 g/mol. The van der Waals surface area contributed by atoms with Gasteiger partial charge in [0.2, 0.25) is 0 Å². The molecule has 2 rings (SSSR count). The van der Waals surface area contributed by atoms with Crippen LogP contribution in [0.2, 0.25) is 0 Å². The fourth-order valence-electron chi connectivity index (χ4n) is 1.85. The number of carbonyl (C=O) groups excluding carboxylic acids is 1. The van der Waals surface area contributed by atoms with Crippen molar-refractivity contribution in [2.75, 3.05) is 10.6 Å². The summed E-state index contributed by atoms with van der Waals surface area (Å²) < 4.78 is 6.52. The number of ether oxygens (including phenoxy) is 1. The summed E-state index contributed by atoms with van der Waals surface area (Å²) in [7, 11) is 0. The number of hydrogen-bond acceptors (Lipinski definition) is 2. The lowest BCUT2D eigenvalue weighted by atomic mass is 10.2. The topological polar surface area (TPSA) is 50.4 Å². The summed E-state index contributed by atoms with van der Waals surface area (Å²) in [5, 5.41) is 5.58. The van der Waals surface area contributed by atoms with Crippen LogP contribution < -0.4 is 15.4 Å². The molecule has 0 unspecified atom stereocenters. The van der Waals surface area contributed by atoms with E-state index in [1.165, 1.54) is 0 Å². The second-order valence-electron chi connectivity index (χ2n) is 5.23. The lowest BCUT2D eigenvalue weighted by Crippen LogP contribution is -2.19. The predicted molar refractivity (Wildman–Crippen MR) is 93.7 cm³/mol. The van der Waals surface area contributed by atoms with Gasteiger partial charge < -0.3 is 15.4 Å². The standard InChI is InChI=1S/C17H19BrN2O2/c1-11(2)22-15-8-6-13(7-9-15)19-17(21)20-14-5-4-12(3)16(18)10-14/h4-11H,1-3H3,(H2,19,20,21). The van der Waals surface area contributed by atoms with Crippen LogP contribution in [-0.2, 0) is 0 Å². The average molecular weight is 363 g/mol. The molecule has 0 spiro atoms. The molecule has 0 aliphatic heterocycles. The first kappa shape index (κ1) is 16.4. The Kier molecular flexibility index (Phi) is 5.44. The summed E-state index contributed by atoms with van der Waals surface area (Å²) in [6.45, 7) is 5.94. The zero-order valence-electron chi connectivity index (χ0n) is 12.8. The number of anilines is 2. The molecule has 2 aromatic rings. The Morgan fingerprint density at radius 2 is 1.64 bits per heavy atom. The Balaban J connectivity index is 1.95. The number of amides is 2. The van der Waals surface area contributed by atoms with Crippen molar-refractivity contribution in [1.29, 1.82) is 0 Å². The highest BCUT2D eigenvalue weighted by Crippen LogP contribution is 2.21. The van der Waals surface area contributed by atoms with Crippen molar-refractivity contribution in [3.63, 3.8) is 0 Å². The maximum atomic E-state index is 12.0. The van der Waals surface area contributed by atoms with Gasteiger partial charge in [0, 0.05) is 15.8 Å². The highest BCUT2D eigenvalue weighted by molar-refractivity contribution is 9.10. The van der Waals surface area contributed by atoms with Gasteiger partial charge in [-0.1, -0.05) is 22.0 Å². The Bertz CT molecular complexity index is 654. The number of hydrogen-bond donors (Lipinski definition) is 2. The van der Waals surface area contributed by atoms with Crippen molar-refractivity contribution in [2.45, 2.75) is 26.9 Å². The molecule has 0 saturated heterocycles. The maximum absolute atomic E-state index is 12.0. The summed E-state index contributed by atoms with van der Waals surface area (Å²) in [5.74, 6) is 0.781. The van der Waals surface area contributed by atoms with Crippen LogP contribution in [0, 0.1) is 6.92 Å². The third kappa shape index (κ3) is 4.77. The molecule has 2 N–H and O–H groups in total. The Morgan fingerprint density at radius 3 is 2.23 bits per heavy atom. The van der Waals surface area contributed by atoms with Crippen LogP contribution >= 0.6 is 15.9 Å². The lowest BCUT2D eigenvalue weighted by Gasteiger charge is -2.11. The molecule has 0 radical (unpaired) electrons. The van der Waals surface area contributed by atoms with E-state index in [0.717, 1.165) is 21.5 Å². The highest BCUT2D eigenvalue weighted by atomic mass is 79.9. The summed E-state index contributed by atoms with van der Waals surface area (Å²) in [4.78, 5) is 12.0. The number of benzene rings is 2. The van der Waals surface area contributed by atoms with Crippen molar-refractivity contribution >= 4 is 33.3 Å². The molecule has 2 amide bonds. The molecule has 0 heterocycles. The lowest BCUT2D eigenvalue weighted by molar-refractivity contribution is 0.242. The predicted octanol–water partition coefficient (Wildman–Crippen LogP) is 5.19. The van der Waals surface area contributed by atoms with Crippen molar-refractivity contribution in [3.8, 4) is 5.75 Å². The SMILES string of the molecule is Cc1ccc(NC(=O)Nc2ccc(OC(C)C)cc2)cc1Br. The van der Waals surface area contributed by atoms with E-state index in [1.807, 2.05) is 63.2 Å². The molecule has 4 nitrogen and oxygen atoms in total. The smallest absolute Gasteiger partial charge is 0.323 e. The Hall–Kier alpha value is -2.01. The van der Waals surface area contributed by atoms with Gasteiger partial charge in [-0.05, 0) is 62.7 Å². The van der Waals surface area contributed by atoms with Gasteiger partial charge in [0.15, 0.2) is 0 Å². The fourth-order valence-corrected chi connectivity index (χ4v) is 2.23. The number of nitrogens with one attached hydrogen (secondary N) is 2. The van der Waals surface area contributed by atoms with Crippen molar-refractivity contribution in [3.05, 3.63) is 52.5 Å². The molecule has 0 fully saturated rings. The molecule has 116 valence electrons. The van der Waals surface area contributed by atoms with Crippen LogP contribution in [0.5, 0.6) is 5.75 Å². The minimum Gasteiger partial charge on any atom is -0.491 e. The summed E-state index contributed by atoms with van der Waals surface area (Å²) in [6, 6.07) is 12.7. The first-order chi connectivity index (χ1) is 10.4. The summed E-state index contributed by atoms with van der Waals surface area (Å²) in [5.41, 5.74) is 2.56. The van der Waals surface area contributed by atoms with Gasteiger partial charge in [0.1, 0.15) is 5.75 Å². The molecule has 0 aliphatic rings. The third-order valence-corrected chi connectivity index (χ3v) is 3.77. The largest absolute Gasteiger partial charge is 0.491 e. The first-order valence-corrected chi connectivity index (χ1v) is 7.84. The number of carbonyl (C=O) groups is 1. The van der Waals surface area contributed by atoms with Gasteiger partial charge in [-0.3, -0.25) is 0 Å². The Morgan fingerprint density at radius 1 is 1.05 bits per heavy atom. The minimum absolute atomic E-state index is 0.127. The highest BCUT2D eigenvalue weighted by Gasteiger charge is 2.05. The van der Waals surface area contributed by atoms with Crippen molar-refractivity contribution in [2.24, 2.45) is 0 Å². The molecule has 0 saturated carbocycles. The van der Waals surface area contributed by atoms with E-state index >= 15 is 0 Å². The van der Waals surface area contributed by atoms with E-state index in [9.17, 15) is 4.79 Å². The summed E-state index contributed by atoms with van der Waals surface area (Å²) >= 11 is 3.44. The van der Waals surface area contributed by atoms with Crippen molar-refractivity contribution < 1.29 is 9.53 Å². The van der Waals surface area contributed by atoms with Gasteiger partial charge in [0.05, 0.1) is 6.10 Å².